The number of rotatable bonds is 7. The molecule has 1 aromatic heterocycles. The number of hydrogen-bond donors (Lipinski definition) is 0. The number of hydrogen-bond acceptors (Lipinski definition) is 5. The second-order valence-electron chi connectivity index (χ2n) is 6.61. The van der Waals surface area contributed by atoms with Gasteiger partial charge in [0, 0.05) is 44.0 Å². The SMILES string of the molecule is CN(C)c1ccc(CN(Cc2ccco2)C(=O)c2ccc([N+](=O)[O-])cc2)cc1. The summed E-state index contributed by atoms with van der Waals surface area (Å²) in [4.78, 5) is 27.1. The van der Waals surface area contributed by atoms with Crippen molar-refractivity contribution in [3.05, 3.63) is 93.9 Å². The van der Waals surface area contributed by atoms with Crippen molar-refractivity contribution >= 4 is 17.3 Å². The molecule has 0 N–H and O–H groups in total. The highest BCUT2D eigenvalue weighted by atomic mass is 16.6. The van der Waals surface area contributed by atoms with Crippen molar-refractivity contribution in [2.45, 2.75) is 13.1 Å². The normalized spacial score (nSPS) is 10.5. The standard InChI is InChI=1S/C21H21N3O4/c1-22(2)18-9-5-16(6-10-18)14-23(15-20-4-3-13-28-20)21(25)17-7-11-19(12-8-17)24(26)27/h3-13H,14-15H2,1-2H3. The van der Waals surface area contributed by atoms with E-state index in [-0.39, 0.29) is 11.6 Å². The molecule has 28 heavy (non-hydrogen) atoms. The summed E-state index contributed by atoms with van der Waals surface area (Å²) >= 11 is 0. The fraction of sp³-hybridized carbons (Fsp3) is 0.190. The summed E-state index contributed by atoms with van der Waals surface area (Å²) in [5, 5.41) is 10.8. The Morgan fingerprint density at radius 2 is 1.68 bits per heavy atom. The summed E-state index contributed by atoms with van der Waals surface area (Å²) in [6, 6.07) is 17.2. The number of carbonyl (C=O) groups is 1. The number of nitrogens with zero attached hydrogens (tertiary/aromatic N) is 3. The maximum absolute atomic E-state index is 13.0. The molecule has 0 saturated heterocycles. The van der Waals surface area contributed by atoms with Gasteiger partial charge in [-0.25, -0.2) is 0 Å². The van der Waals surface area contributed by atoms with Gasteiger partial charge in [0.2, 0.25) is 0 Å². The highest BCUT2D eigenvalue weighted by Crippen LogP contribution is 2.19. The zero-order valence-electron chi connectivity index (χ0n) is 15.7. The first-order valence-electron chi connectivity index (χ1n) is 8.76. The molecule has 0 aliphatic rings. The summed E-state index contributed by atoms with van der Waals surface area (Å²) in [5.41, 5.74) is 2.39. The first kappa shape index (κ1) is 19.2. The van der Waals surface area contributed by atoms with Crippen LogP contribution in [0.2, 0.25) is 0 Å². The lowest BCUT2D eigenvalue weighted by atomic mass is 10.1. The molecule has 7 heteroatoms. The Kier molecular flexibility index (Phi) is 5.74. The van der Waals surface area contributed by atoms with E-state index in [9.17, 15) is 14.9 Å². The monoisotopic (exact) mass is 379 g/mol. The first-order valence-corrected chi connectivity index (χ1v) is 8.76. The molecular formula is C21H21N3O4. The molecule has 0 atom stereocenters. The molecule has 0 spiro atoms. The van der Waals surface area contributed by atoms with Crippen molar-refractivity contribution in [3.63, 3.8) is 0 Å². The second kappa shape index (κ2) is 8.39. The maximum Gasteiger partial charge on any atom is 0.269 e. The zero-order chi connectivity index (χ0) is 20.1. The van der Waals surface area contributed by atoms with E-state index in [0.29, 0.717) is 24.4 Å². The molecule has 3 rings (SSSR count). The van der Waals surface area contributed by atoms with Gasteiger partial charge in [-0.05, 0) is 42.0 Å². The Morgan fingerprint density at radius 1 is 1.00 bits per heavy atom. The van der Waals surface area contributed by atoms with Gasteiger partial charge in [-0.3, -0.25) is 14.9 Å². The molecular weight excluding hydrogens is 358 g/mol. The van der Waals surface area contributed by atoms with Gasteiger partial charge in [-0.2, -0.15) is 0 Å². The van der Waals surface area contributed by atoms with Crippen LogP contribution in [0.25, 0.3) is 0 Å². The molecule has 0 radical (unpaired) electrons. The fourth-order valence-corrected chi connectivity index (χ4v) is 2.82. The van der Waals surface area contributed by atoms with Crippen LogP contribution in [-0.2, 0) is 13.1 Å². The van der Waals surface area contributed by atoms with E-state index in [0.717, 1.165) is 11.3 Å². The Bertz CT molecular complexity index is 933. The average Bonchev–Trinajstić information content (AvgIpc) is 3.20. The smallest absolute Gasteiger partial charge is 0.269 e. The maximum atomic E-state index is 13.0. The largest absolute Gasteiger partial charge is 0.467 e. The molecule has 0 aliphatic heterocycles. The topological polar surface area (TPSA) is 79.8 Å². The third-order valence-electron chi connectivity index (χ3n) is 4.37. The van der Waals surface area contributed by atoms with Crippen molar-refractivity contribution in [2.24, 2.45) is 0 Å². The second-order valence-corrected chi connectivity index (χ2v) is 6.61. The molecule has 0 fully saturated rings. The van der Waals surface area contributed by atoms with E-state index < -0.39 is 4.92 Å². The molecule has 0 aliphatic carbocycles. The van der Waals surface area contributed by atoms with Crippen LogP contribution >= 0.6 is 0 Å². The van der Waals surface area contributed by atoms with Crippen molar-refractivity contribution in [2.75, 3.05) is 19.0 Å². The molecule has 3 aromatic rings. The van der Waals surface area contributed by atoms with E-state index in [4.69, 9.17) is 4.42 Å². The first-order chi connectivity index (χ1) is 13.4. The molecule has 0 unspecified atom stereocenters. The number of furan rings is 1. The zero-order valence-corrected chi connectivity index (χ0v) is 15.7. The lowest BCUT2D eigenvalue weighted by molar-refractivity contribution is -0.384. The summed E-state index contributed by atoms with van der Waals surface area (Å²) in [6.45, 7) is 0.697. The summed E-state index contributed by atoms with van der Waals surface area (Å²) in [5.74, 6) is 0.447. The highest BCUT2D eigenvalue weighted by Gasteiger charge is 2.19. The molecule has 144 valence electrons. The highest BCUT2D eigenvalue weighted by molar-refractivity contribution is 5.94. The molecule has 0 bridgehead atoms. The third-order valence-corrected chi connectivity index (χ3v) is 4.37. The number of non-ortho nitro benzene ring substituents is 1. The predicted octanol–water partition coefficient (Wildman–Crippen LogP) is 4.10. The van der Waals surface area contributed by atoms with Gasteiger partial charge in [-0.15, -0.1) is 0 Å². The van der Waals surface area contributed by atoms with Crippen LogP contribution in [0.5, 0.6) is 0 Å². The van der Waals surface area contributed by atoms with Gasteiger partial charge in [-0.1, -0.05) is 12.1 Å². The molecule has 7 nitrogen and oxygen atoms in total. The number of anilines is 1. The lowest BCUT2D eigenvalue weighted by Gasteiger charge is -2.22. The van der Waals surface area contributed by atoms with E-state index in [1.54, 1.807) is 17.2 Å². The van der Waals surface area contributed by atoms with Crippen LogP contribution < -0.4 is 4.90 Å². The van der Waals surface area contributed by atoms with Gasteiger partial charge >= 0.3 is 0 Å². The average molecular weight is 379 g/mol. The quantitative estimate of drug-likeness (QED) is 0.456. The molecule has 0 saturated carbocycles. The van der Waals surface area contributed by atoms with Gasteiger partial charge in [0.05, 0.1) is 17.7 Å². The predicted molar refractivity (Wildman–Crippen MR) is 106 cm³/mol. The minimum Gasteiger partial charge on any atom is -0.467 e. The van der Waals surface area contributed by atoms with E-state index in [1.807, 2.05) is 49.3 Å². The number of amides is 1. The Labute approximate surface area is 162 Å². The van der Waals surface area contributed by atoms with Crippen LogP contribution in [0.1, 0.15) is 21.7 Å². The molecule has 1 heterocycles. The number of carbonyl (C=O) groups excluding carboxylic acids is 1. The van der Waals surface area contributed by atoms with Crippen LogP contribution in [0.15, 0.2) is 71.3 Å². The Morgan fingerprint density at radius 3 is 2.21 bits per heavy atom. The minimum absolute atomic E-state index is 0.0478. The summed E-state index contributed by atoms with van der Waals surface area (Å²) in [6.07, 6.45) is 1.57. The van der Waals surface area contributed by atoms with E-state index >= 15 is 0 Å². The van der Waals surface area contributed by atoms with Gasteiger partial charge in [0.15, 0.2) is 0 Å². The van der Waals surface area contributed by atoms with E-state index in [1.165, 1.54) is 24.3 Å². The lowest BCUT2D eigenvalue weighted by Crippen LogP contribution is -2.30. The van der Waals surface area contributed by atoms with E-state index in [2.05, 4.69) is 0 Å². The van der Waals surface area contributed by atoms with Crippen LogP contribution in [0, 0.1) is 10.1 Å². The number of nitro groups is 1. The summed E-state index contributed by atoms with van der Waals surface area (Å²) in [7, 11) is 3.94. The third kappa shape index (κ3) is 4.56. The Hall–Kier alpha value is -3.61. The fourth-order valence-electron chi connectivity index (χ4n) is 2.82. The number of nitro benzene ring substituents is 1. The van der Waals surface area contributed by atoms with Crippen molar-refractivity contribution in [3.8, 4) is 0 Å². The van der Waals surface area contributed by atoms with Crippen LogP contribution in [0.3, 0.4) is 0 Å². The van der Waals surface area contributed by atoms with Crippen LogP contribution in [-0.4, -0.2) is 29.8 Å². The number of benzene rings is 2. The van der Waals surface area contributed by atoms with Crippen molar-refractivity contribution < 1.29 is 14.1 Å². The molecule has 1 amide bonds. The van der Waals surface area contributed by atoms with Crippen molar-refractivity contribution in [1.82, 2.24) is 4.90 Å². The molecule has 2 aromatic carbocycles. The minimum atomic E-state index is -0.485. The van der Waals surface area contributed by atoms with Crippen molar-refractivity contribution in [1.29, 1.82) is 0 Å². The van der Waals surface area contributed by atoms with Gasteiger partial charge < -0.3 is 14.2 Å². The van der Waals surface area contributed by atoms with Gasteiger partial charge in [0.1, 0.15) is 5.76 Å². The van der Waals surface area contributed by atoms with Crippen LogP contribution in [0.4, 0.5) is 11.4 Å². The Balaban J connectivity index is 1.83. The van der Waals surface area contributed by atoms with Gasteiger partial charge in [0.25, 0.3) is 11.6 Å². The summed E-state index contributed by atoms with van der Waals surface area (Å²) < 4.78 is 5.40.